The summed E-state index contributed by atoms with van der Waals surface area (Å²) >= 11 is 2.52. The number of alkyl halides is 9. The van der Waals surface area contributed by atoms with E-state index in [0.717, 1.165) is 66.8 Å². The summed E-state index contributed by atoms with van der Waals surface area (Å²) in [5.74, 6) is 1.01. The lowest BCUT2D eigenvalue weighted by Crippen LogP contribution is -2.52. The topological polar surface area (TPSA) is 314 Å². The minimum atomic E-state index is -4.59. The molecular formula is C82H80F9N9O17S3. The quantitative estimate of drug-likeness (QED) is 0.0433. The third-order valence-corrected chi connectivity index (χ3v) is 22.2. The zero-order valence-electron chi connectivity index (χ0n) is 65.7. The number of fused-ring (bicyclic) bond motifs is 3. The van der Waals surface area contributed by atoms with E-state index in [-0.39, 0.29) is 88.8 Å². The van der Waals surface area contributed by atoms with Crippen LogP contribution in [-0.2, 0) is 69.8 Å². The Hall–Kier alpha value is -11.7. The van der Waals surface area contributed by atoms with E-state index in [0.29, 0.717) is 105 Å². The normalized spacial score (nSPS) is 17.4. The number of pyridine rings is 3. The molecular weight excluding hydrogens is 1650 g/mol. The summed E-state index contributed by atoms with van der Waals surface area (Å²) in [5, 5.41) is 17.6. The van der Waals surface area contributed by atoms with Crippen LogP contribution in [-0.4, -0.2) is 174 Å². The van der Waals surface area contributed by atoms with Crippen molar-refractivity contribution in [1.29, 1.82) is 0 Å². The number of nitrogens with zero attached hydrogens (tertiary/aromatic N) is 7. The summed E-state index contributed by atoms with van der Waals surface area (Å²) in [6.07, 6.45) is -14.2. The number of esters is 3. The molecule has 3 aliphatic rings. The van der Waals surface area contributed by atoms with Crippen molar-refractivity contribution in [1.82, 2.24) is 45.0 Å². The number of aryl methyl sites for hydroxylation is 3. The lowest BCUT2D eigenvalue weighted by molar-refractivity contribution is -0.149. The number of benzene rings is 5. The fraction of sp³-hybridized carbons (Fsp3) is 0.354. The molecule has 1 unspecified atom stereocenters. The van der Waals surface area contributed by atoms with Crippen LogP contribution < -0.4 is 34.4 Å². The first-order valence-corrected chi connectivity index (χ1v) is 39.6. The summed E-state index contributed by atoms with van der Waals surface area (Å²) in [6, 6.07) is 31.0. The van der Waals surface area contributed by atoms with Crippen LogP contribution in [0, 0.1) is 20.8 Å². The number of carbonyl (C=O) groups excluding carboxylic acids is 5. The second kappa shape index (κ2) is 39.0. The summed E-state index contributed by atoms with van der Waals surface area (Å²) in [4.78, 5) is 99.6. The van der Waals surface area contributed by atoms with Gasteiger partial charge in [0, 0.05) is 106 Å². The molecule has 0 aliphatic carbocycles. The third kappa shape index (κ3) is 21.5. The van der Waals surface area contributed by atoms with E-state index >= 15 is 0 Å². The van der Waals surface area contributed by atoms with E-state index in [1.165, 1.54) is 58.5 Å². The highest BCUT2D eigenvalue weighted by Gasteiger charge is 2.42. The number of likely N-dealkylation sites (tertiary alicyclic amines) is 2. The monoisotopic (exact) mass is 1730 g/mol. The van der Waals surface area contributed by atoms with Crippen molar-refractivity contribution in [2.45, 2.75) is 127 Å². The van der Waals surface area contributed by atoms with E-state index in [4.69, 9.17) is 42.6 Å². The standard InChI is InChI=1S/C30H28F3N3O6S.C22H22F3N3O4S.C15H11F3N2O2S.C15H19NO5/c1-17-23(39-2)10-9-20-24(14-21(34-26(17)20)27-35-25(16-43-27)30(31,32)33)42-19-11-12-36(22(13-19)28(37)40-3)29(38)41-15-18-7-5-4-6-8-18;1-11-16(30-2)5-4-13-17(32-12-6-7-26-15(8-12)21(29)31-3)9-14(27-19(11)13)20-28-18(10-33-20)22(23,24)25;1-7-11(22-2)4-3-8-10(21)5-9(19-13(7)8)14-20-12(6-23-14)15(16,17)18;1-20-14(18)13-9-12(17)7-8-16(13)15(19)21-10-11-5-3-2-4-6-11/h4-10,14,16,19,22H,11-13,15H2,1-3H3;4-5,9-10,12,15,26H,6-8H2,1-3H3;3-6H,1-2H3,(H,19,21);2-6,12-13,17H,7-10H2,1H3/t19-,22-;12-,15-;;12?,13-/m00.0/s1. The summed E-state index contributed by atoms with van der Waals surface area (Å²) in [5.41, 5.74) is 2.81. The molecule has 0 radical (unpaired) electrons. The van der Waals surface area contributed by atoms with Gasteiger partial charge in [0.15, 0.2) is 22.5 Å². The highest BCUT2D eigenvalue weighted by atomic mass is 32.1. The van der Waals surface area contributed by atoms with Crippen LogP contribution in [0.3, 0.4) is 0 Å². The molecule has 9 heterocycles. The number of hydrogen-bond donors (Lipinski definition) is 3. The van der Waals surface area contributed by atoms with Gasteiger partial charge in [-0.1, -0.05) is 60.7 Å². The number of aromatic nitrogens is 6. The molecule has 3 saturated heterocycles. The maximum absolute atomic E-state index is 13.3. The van der Waals surface area contributed by atoms with Gasteiger partial charge in [0.1, 0.15) is 98.7 Å². The van der Waals surface area contributed by atoms with Crippen molar-refractivity contribution in [3.05, 3.63) is 187 Å². The van der Waals surface area contributed by atoms with Crippen LogP contribution in [0.1, 0.15) is 83.4 Å². The fourth-order valence-corrected chi connectivity index (χ4v) is 15.7. The lowest BCUT2D eigenvalue weighted by Gasteiger charge is -2.37. The van der Waals surface area contributed by atoms with E-state index in [1.807, 2.05) is 67.6 Å². The van der Waals surface area contributed by atoms with Crippen molar-refractivity contribution >= 4 is 96.8 Å². The number of thiazole rings is 3. The number of aliphatic hydroxyl groups excluding tert-OH is 1. The van der Waals surface area contributed by atoms with Gasteiger partial charge in [-0.15, -0.1) is 34.0 Å². The smallest absolute Gasteiger partial charge is 0.434 e. The number of amides is 2. The Bertz CT molecular complexity index is 5540. The zero-order valence-corrected chi connectivity index (χ0v) is 68.1. The molecule has 14 rings (SSSR count). The van der Waals surface area contributed by atoms with Gasteiger partial charge >= 0.3 is 48.6 Å². The molecule has 3 fully saturated rings. The lowest BCUT2D eigenvalue weighted by atomic mass is 9.99. The van der Waals surface area contributed by atoms with E-state index in [1.54, 1.807) is 62.4 Å². The van der Waals surface area contributed by atoms with Gasteiger partial charge in [-0.25, -0.2) is 44.1 Å². The first kappa shape index (κ1) is 89.1. The van der Waals surface area contributed by atoms with Crippen LogP contribution in [0.25, 0.3) is 64.8 Å². The van der Waals surface area contributed by atoms with Gasteiger partial charge in [0.25, 0.3) is 0 Å². The van der Waals surface area contributed by atoms with Crippen LogP contribution in [0.4, 0.5) is 49.1 Å². The van der Waals surface area contributed by atoms with Crippen molar-refractivity contribution in [2.75, 3.05) is 62.3 Å². The highest BCUT2D eigenvalue weighted by Crippen LogP contribution is 2.43. The molecule has 120 heavy (non-hydrogen) atoms. The SMILES string of the molecule is COC(=O)[C@@H]1CC(O)CCN1C(=O)OCc1ccccc1.COC(=O)[C@@H]1C[C@@H](Oc2cc(-c3nc(C(F)(F)F)cs3)nc3c(C)c(OC)ccc23)CCN1.COC(=O)[C@@H]1C[C@@H](Oc2cc(-c3nc(C(F)(F)F)cs3)nc3c(C)c(OC)ccc23)CCN1C(=O)OCc1ccccc1.COc1ccc2c(=O)cc(-c3nc(C(F)(F)F)cs3)[nH]c2c1C. The van der Waals surface area contributed by atoms with Crippen LogP contribution >= 0.6 is 34.0 Å². The minimum absolute atomic E-state index is 0.0470. The van der Waals surface area contributed by atoms with Crippen molar-refractivity contribution in [3.8, 4) is 60.9 Å². The molecule has 3 N–H and O–H groups in total. The molecule has 0 bridgehead atoms. The second-order valence-corrected chi connectivity index (χ2v) is 29.9. The van der Waals surface area contributed by atoms with Gasteiger partial charge in [-0.05, 0) is 87.7 Å². The summed E-state index contributed by atoms with van der Waals surface area (Å²) < 4.78 is 171. The molecule has 2 amide bonds. The molecule has 3 aliphatic heterocycles. The molecule has 0 spiro atoms. The summed E-state index contributed by atoms with van der Waals surface area (Å²) in [6.45, 7) is 6.56. The average Bonchev–Trinajstić information content (AvgIpc) is 1.58. The van der Waals surface area contributed by atoms with Crippen molar-refractivity contribution < 1.29 is 116 Å². The molecule has 26 nitrogen and oxygen atoms in total. The molecule has 636 valence electrons. The zero-order chi connectivity index (χ0) is 86.5. The Morgan fingerprint density at radius 3 is 1.34 bits per heavy atom. The molecule has 6 atom stereocenters. The van der Waals surface area contributed by atoms with E-state index in [9.17, 15) is 73.4 Å². The number of carbonyl (C=O) groups is 5. The van der Waals surface area contributed by atoms with Crippen LogP contribution in [0.5, 0.6) is 28.7 Å². The highest BCUT2D eigenvalue weighted by molar-refractivity contribution is 7.13. The first-order chi connectivity index (χ1) is 57.2. The molecule has 38 heteroatoms. The average molecular weight is 1730 g/mol. The third-order valence-electron chi connectivity index (χ3n) is 19.6. The molecule has 11 aromatic rings. The van der Waals surface area contributed by atoms with Gasteiger partial charge in [0.2, 0.25) is 0 Å². The molecule has 5 aromatic carbocycles. The maximum atomic E-state index is 13.3. The predicted octanol–water partition coefficient (Wildman–Crippen LogP) is 16.1. The van der Waals surface area contributed by atoms with Gasteiger partial charge in [0.05, 0.1) is 71.0 Å². The first-order valence-electron chi connectivity index (χ1n) is 36.9. The molecule has 6 aromatic heterocycles. The van der Waals surface area contributed by atoms with Gasteiger partial charge in [-0.2, -0.15) is 39.5 Å². The van der Waals surface area contributed by atoms with Gasteiger partial charge < -0.3 is 62.8 Å². The second-order valence-electron chi connectivity index (χ2n) is 27.3. The van der Waals surface area contributed by atoms with E-state index < -0.39 is 90.1 Å². The number of hydrogen-bond acceptors (Lipinski definition) is 26. The number of ether oxygens (including phenoxy) is 10. The number of piperidine rings is 3. The number of aliphatic hydroxyl groups is 1. The maximum Gasteiger partial charge on any atom is 0.434 e. The van der Waals surface area contributed by atoms with Crippen molar-refractivity contribution in [2.24, 2.45) is 0 Å². The largest absolute Gasteiger partial charge is 0.496 e. The Morgan fingerprint density at radius 1 is 0.483 bits per heavy atom. The number of rotatable bonds is 17. The van der Waals surface area contributed by atoms with Gasteiger partial charge in [-0.3, -0.25) is 19.4 Å². The Balaban J connectivity index is 0.000000163. The number of H-pyrrole nitrogens is 1. The minimum Gasteiger partial charge on any atom is -0.496 e. The molecule has 0 saturated carbocycles. The fourth-order valence-electron chi connectivity index (χ4n) is 13.4. The predicted molar refractivity (Wildman–Crippen MR) is 425 cm³/mol. The summed E-state index contributed by atoms with van der Waals surface area (Å²) in [7, 11) is 8.38. The number of halogens is 9. The van der Waals surface area contributed by atoms with E-state index in [2.05, 4.69) is 40.0 Å². The Kier molecular flexibility index (Phi) is 28.9. The van der Waals surface area contributed by atoms with Crippen LogP contribution in [0.15, 0.2) is 136 Å². The van der Waals surface area contributed by atoms with Crippen LogP contribution in [0.2, 0.25) is 0 Å². The number of aromatic amines is 1. The number of nitrogens with one attached hydrogen (secondary N) is 2. The number of methoxy groups -OCH3 is 6. The van der Waals surface area contributed by atoms with Crippen molar-refractivity contribution in [3.63, 3.8) is 0 Å². The Morgan fingerprint density at radius 2 is 0.900 bits per heavy atom. The Labute approximate surface area is 691 Å².